The van der Waals surface area contributed by atoms with Crippen LogP contribution in [0.25, 0.3) is 0 Å². The Morgan fingerprint density at radius 1 is 1.22 bits per heavy atom. The number of aliphatic hydroxyl groups excluding tert-OH is 1. The summed E-state index contributed by atoms with van der Waals surface area (Å²) in [7, 11) is 3.66. The first-order valence-electron chi connectivity index (χ1n) is 7.88. The number of anilines is 1. The molecular formula is C17H25N3O3. The quantitative estimate of drug-likeness (QED) is 0.702. The van der Waals surface area contributed by atoms with Gasteiger partial charge >= 0.3 is 0 Å². The van der Waals surface area contributed by atoms with Crippen molar-refractivity contribution in [3.05, 3.63) is 29.8 Å². The van der Waals surface area contributed by atoms with Gasteiger partial charge in [-0.15, -0.1) is 0 Å². The maximum atomic E-state index is 12.1. The monoisotopic (exact) mass is 319 g/mol. The summed E-state index contributed by atoms with van der Waals surface area (Å²) >= 11 is 0. The van der Waals surface area contributed by atoms with Gasteiger partial charge in [0.15, 0.2) is 0 Å². The number of amides is 2. The van der Waals surface area contributed by atoms with Gasteiger partial charge in [0.05, 0.1) is 13.2 Å². The van der Waals surface area contributed by atoms with Crippen LogP contribution in [0.2, 0.25) is 0 Å². The topological polar surface area (TPSA) is 81.7 Å². The SMILES string of the molecule is CN(C)CC(=O)Nc1ccc(C(=O)NCC2(CO)CCC2)cc1. The maximum Gasteiger partial charge on any atom is 0.251 e. The second kappa shape index (κ2) is 7.57. The molecule has 1 saturated carbocycles. The van der Waals surface area contributed by atoms with Crippen molar-refractivity contribution in [1.82, 2.24) is 10.2 Å². The van der Waals surface area contributed by atoms with E-state index in [2.05, 4.69) is 10.6 Å². The molecular weight excluding hydrogens is 294 g/mol. The molecule has 126 valence electrons. The third kappa shape index (κ3) is 4.77. The lowest BCUT2D eigenvalue weighted by Gasteiger charge is -2.40. The van der Waals surface area contributed by atoms with Crippen LogP contribution in [0.4, 0.5) is 5.69 Å². The molecule has 1 aromatic carbocycles. The van der Waals surface area contributed by atoms with Crippen LogP contribution in [0.3, 0.4) is 0 Å². The minimum Gasteiger partial charge on any atom is -0.396 e. The van der Waals surface area contributed by atoms with Crippen LogP contribution in [0.15, 0.2) is 24.3 Å². The Bertz CT molecular complexity index is 545. The maximum absolute atomic E-state index is 12.1. The van der Waals surface area contributed by atoms with Gasteiger partial charge in [-0.25, -0.2) is 0 Å². The van der Waals surface area contributed by atoms with Crippen molar-refractivity contribution in [3.63, 3.8) is 0 Å². The zero-order valence-corrected chi connectivity index (χ0v) is 13.8. The van der Waals surface area contributed by atoms with E-state index < -0.39 is 0 Å². The number of carbonyl (C=O) groups is 2. The Kier molecular flexibility index (Phi) is 5.74. The molecule has 0 aliphatic heterocycles. The third-order valence-electron chi connectivity index (χ3n) is 4.26. The fraction of sp³-hybridized carbons (Fsp3) is 0.529. The molecule has 0 radical (unpaired) electrons. The Morgan fingerprint density at radius 2 is 1.87 bits per heavy atom. The number of benzene rings is 1. The van der Waals surface area contributed by atoms with E-state index in [9.17, 15) is 14.7 Å². The normalized spacial score (nSPS) is 15.8. The third-order valence-corrected chi connectivity index (χ3v) is 4.26. The molecule has 0 aromatic heterocycles. The van der Waals surface area contributed by atoms with Gasteiger partial charge in [-0.3, -0.25) is 9.59 Å². The van der Waals surface area contributed by atoms with Crippen molar-refractivity contribution in [2.24, 2.45) is 5.41 Å². The van der Waals surface area contributed by atoms with Crippen molar-refractivity contribution in [1.29, 1.82) is 0 Å². The van der Waals surface area contributed by atoms with E-state index in [4.69, 9.17) is 0 Å². The van der Waals surface area contributed by atoms with Crippen LogP contribution >= 0.6 is 0 Å². The average molecular weight is 319 g/mol. The first-order valence-corrected chi connectivity index (χ1v) is 7.88. The number of nitrogens with zero attached hydrogens (tertiary/aromatic N) is 1. The predicted molar refractivity (Wildman–Crippen MR) is 89.3 cm³/mol. The second-order valence-electron chi connectivity index (χ2n) is 6.56. The molecule has 0 saturated heterocycles. The highest BCUT2D eigenvalue weighted by Gasteiger charge is 2.36. The van der Waals surface area contributed by atoms with Crippen molar-refractivity contribution < 1.29 is 14.7 Å². The molecule has 2 amide bonds. The molecule has 23 heavy (non-hydrogen) atoms. The van der Waals surface area contributed by atoms with Gasteiger partial charge in [0, 0.05) is 23.2 Å². The molecule has 2 rings (SSSR count). The standard InChI is InChI=1S/C17H25N3O3/c1-20(2)10-15(22)19-14-6-4-13(5-7-14)16(23)18-11-17(12-21)8-3-9-17/h4-7,21H,3,8-12H2,1-2H3,(H,18,23)(H,19,22). The molecule has 0 heterocycles. The highest BCUT2D eigenvalue weighted by molar-refractivity contribution is 5.96. The molecule has 0 atom stereocenters. The largest absolute Gasteiger partial charge is 0.396 e. The number of carbonyl (C=O) groups excluding carboxylic acids is 2. The van der Waals surface area contributed by atoms with Gasteiger partial charge < -0.3 is 20.6 Å². The zero-order valence-electron chi connectivity index (χ0n) is 13.8. The van der Waals surface area contributed by atoms with Crippen molar-refractivity contribution in [3.8, 4) is 0 Å². The summed E-state index contributed by atoms with van der Waals surface area (Å²) in [5, 5.41) is 15.1. The fourth-order valence-corrected chi connectivity index (χ4v) is 2.63. The molecule has 1 aromatic rings. The summed E-state index contributed by atoms with van der Waals surface area (Å²) in [6.45, 7) is 0.930. The average Bonchev–Trinajstić information content (AvgIpc) is 2.46. The Morgan fingerprint density at radius 3 is 2.35 bits per heavy atom. The highest BCUT2D eigenvalue weighted by Crippen LogP contribution is 2.39. The fourth-order valence-electron chi connectivity index (χ4n) is 2.63. The summed E-state index contributed by atoms with van der Waals surface area (Å²) in [4.78, 5) is 25.6. The van der Waals surface area contributed by atoms with E-state index in [-0.39, 0.29) is 23.8 Å². The molecule has 0 spiro atoms. The van der Waals surface area contributed by atoms with Crippen LogP contribution in [0.1, 0.15) is 29.6 Å². The van der Waals surface area contributed by atoms with Crippen LogP contribution in [-0.4, -0.2) is 55.6 Å². The van der Waals surface area contributed by atoms with Crippen LogP contribution < -0.4 is 10.6 Å². The lowest BCUT2D eigenvalue weighted by Crippen LogP contribution is -2.44. The number of nitrogens with one attached hydrogen (secondary N) is 2. The predicted octanol–water partition coefficient (Wildman–Crippen LogP) is 1.08. The van der Waals surface area contributed by atoms with Crippen LogP contribution in [0, 0.1) is 5.41 Å². The smallest absolute Gasteiger partial charge is 0.251 e. The molecule has 3 N–H and O–H groups in total. The van der Waals surface area contributed by atoms with Gasteiger partial charge in [-0.05, 0) is 51.2 Å². The van der Waals surface area contributed by atoms with E-state index in [1.165, 1.54) is 0 Å². The van der Waals surface area contributed by atoms with Crippen LogP contribution in [0.5, 0.6) is 0 Å². The van der Waals surface area contributed by atoms with Gasteiger partial charge in [0.25, 0.3) is 5.91 Å². The molecule has 6 heteroatoms. The minimum atomic E-state index is -0.157. The van der Waals surface area contributed by atoms with Crippen LogP contribution in [-0.2, 0) is 4.79 Å². The number of likely N-dealkylation sites (N-methyl/N-ethyl adjacent to an activating group) is 1. The lowest BCUT2D eigenvalue weighted by molar-refractivity contribution is -0.116. The van der Waals surface area contributed by atoms with E-state index in [1.54, 1.807) is 29.2 Å². The molecule has 1 fully saturated rings. The first kappa shape index (κ1) is 17.4. The van der Waals surface area contributed by atoms with Crippen molar-refractivity contribution in [2.45, 2.75) is 19.3 Å². The highest BCUT2D eigenvalue weighted by atomic mass is 16.3. The molecule has 0 unspecified atom stereocenters. The summed E-state index contributed by atoms with van der Waals surface area (Å²) < 4.78 is 0. The lowest BCUT2D eigenvalue weighted by atomic mass is 9.69. The van der Waals surface area contributed by atoms with Gasteiger partial charge in [0.2, 0.25) is 5.91 Å². The van der Waals surface area contributed by atoms with Crippen molar-refractivity contribution >= 4 is 17.5 Å². The number of rotatable bonds is 7. The number of aliphatic hydroxyl groups is 1. The van der Waals surface area contributed by atoms with E-state index in [0.29, 0.717) is 24.3 Å². The van der Waals surface area contributed by atoms with E-state index in [1.807, 2.05) is 14.1 Å². The Labute approximate surface area is 136 Å². The Hall–Kier alpha value is -1.92. The Balaban J connectivity index is 1.86. The number of hydrogen-bond donors (Lipinski definition) is 3. The number of hydrogen-bond acceptors (Lipinski definition) is 4. The molecule has 1 aliphatic carbocycles. The summed E-state index contributed by atoms with van der Waals surface area (Å²) in [5.41, 5.74) is 1.08. The van der Waals surface area contributed by atoms with Gasteiger partial charge in [0.1, 0.15) is 0 Å². The van der Waals surface area contributed by atoms with Gasteiger partial charge in [-0.2, -0.15) is 0 Å². The second-order valence-corrected chi connectivity index (χ2v) is 6.56. The molecule has 6 nitrogen and oxygen atoms in total. The summed E-state index contributed by atoms with van der Waals surface area (Å²) in [5.74, 6) is -0.252. The minimum absolute atomic E-state index is 0.0953. The van der Waals surface area contributed by atoms with E-state index in [0.717, 1.165) is 19.3 Å². The van der Waals surface area contributed by atoms with E-state index >= 15 is 0 Å². The molecule has 0 bridgehead atoms. The van der Waals surface area contributed by atoms with Crippen molar-refractivity contribution in [2.75, 3.05) is 39.1 Å². The van der Waals surface area contributed by atoms with Gasteiger partial charge in [-0.1, -0.05) is 6.42 Å². The summed E-state index contributed by atoms with van der Waals surface area (Å²) in [6.07, 6.45) is 3.03. The molecule has 1 aliphatic rings. The zero-order chi connectivity index (χ0) is 16.9. The summed E-state index contributed by atoms with van der Waals surface area (Å²) in [6, 6.07) is 6.81. The first-order chi connectivity index (χ1) is 10.9.